The maximum Gasteiger partial charge on any atom is 0.118 e. The van der Waals surface area contributed by atoms with Crippen LogP contribution in [0.5, 0.6) is 0 Å². The molecule has 2 nitrogen and oxygen atoms in total. The lowest BCUT2D eigenvalue weighted by Gasteiger charge is -1.91. The molecule has 0 aliphatic carbocycles. The summed E-state index contributed by atoms with van der Waals surface area (Å²) in [7, 11) is 0. The Kier molecular flexibility index (Phi) is 43.2. The summed E-state index contributed by atoms with van der Waals surface area (Å²) in [5.41, 5.74) is 0. The predicted octanol–water partition coefficient (Wildman–Crippen LogP) is 2.15. The average Bonchev–Trinajstić information content (AvgIpc) is 2.08. The molecule has 0 unspecified atom stereocenters. The highest BCUT2D eigenvalue weighted by Gasteiger charge is 1.79. The SMILES string of the molecule is CCCCC[CH2][Al].CCO.CCO. The molecule has 80 valence electrons. The highest BCUT2D eigenvalue weighted by atomic mass is 27.0. The van der Waals surface area contributed by atoms with E-state index >= 15 is 0 Å². The topological polar surface area (TPSA) is 40.5 Å². The first-order chi connectivity index (χ1) is 6.24. The summed E-state index contributed by atoms with van der Waals surface area (Å²) in [6, 6.07) is 0. The van der Waals surface area contributed by atoms with Crippen LogP contribution in [0.2, 0.25) is 5.28 Å². The lowest BCUT2D eigenvalue weighted by atomic mass is 10.2. The van der Waals surface area contributed by atoms with Gasteiger partial charge in [0.05, 0.1) is 0 Å². The molecule has 0 aromatic rings. The third-order valence-corrected chi connectivity index (χ3v) is 1.47. The molecule has 0 heterocycles. The second-order valence-corrected chi connectivity index (χ2v) is 3.06. The molecule has 0 bridgehead atoms. The first kappa shape index (κ1) is 19.1. The molecule has 0 fully saturated rings. The Labute approximate surface area is 91.8 Å². The van der Waals surface area contributed by atoms with Gasteiger partial charge in [-0.05, 0) is 13.8 Å². The van der Waals surface area contributed by atoms with Gasteiger partial charge >= 0.3 is 0 Å². The Hall–Kier alpha value is 0.452. The molecule has 0 aliphatic heterocycles. The minimum absolute atomic E-state index is 0.250. The molecule has 0 rings (SSSR count). The Morgan fingerprint density at radius 1 is 0.846 bits per heavy atom. The minimum Gasteiger partial charge on any atom is -0.397 e. The maximum atomic E-state index is 7.57. The first-order valence-corrected chi connectivity index (χ1v) is 5.98. The standard InChI is InChI=1S/C6H13.2C2H6O.Al/c1-3-5-6-4-2;2*1-2-3;/h1,3-6H2,2H3;2*3H,2H2,1H3;. The number of aliphatic hydroxyl groups is 2. The Bertz CT molecular complexity index is 46.2. The van der Waals surface area contributed by atoms with Crippen molar-refractivity contribution in [2.45, 2.75) is 51.7 Å². The highest BCUT2D eigenvalue weighted by molar-refractivity contribution is 6.08. The van der Waals surface area contributed by atoms with E-state index in [1.165, 1.54) is 31.0 Å². The fourth-order valence-corrected chi connectivity index (χ4v) is 0.860. The van der Waals surface area contributed by atoms with Crippen molar-refractivity contribution in [2.75, 3.05) is 13.2 Å². The van der Waals surface area contributed by atoms with Crippen molar-refractivity contribution < 1.29 is 10.2 Å². The van der Waals surface area contributed by atoms with Crippen molar-refractivity contribution in [2.24, 2.45) is 0 Å². The number of hydrogen-bond donors (Lipinski definition) is 2. The van der Waals surface area contributed by atoms with Crippen molar-refractivity contribution in [1.82, 2.24) is 0 Å². The second-order valence-electron chi connectivity index (χ2n) is 2.48. The van der Waals surface area contributed by atoms with Gasteiger partial charge in [0.25, 0.3) is 0 Å². The van der Waals surface area contributed by atoms with Crippen LogP contribution in [0.3, 0.4) is 0 Å². The van der Waals surface area contributed by atoms with Crippen LogP contribution in [0.4, 0.5) is 0 Å². The second kappa shape index (κ2) is 29.4. The Morgan fingerprint density at radius 3 is 1.46 bits per heavy atom. The molecule has 0 atom stereocenters. The van der Waals surface area contributed by atoms with Gasteiger partial charge in [0.1, 0.15) is 16.3 Å². The van der Waals surface area contributed by atoms with Gasteiger partial charge in [0.2, 0.25) is 0 Å². The van der Waals surface area contributed by atoms with Gasteiger partial charge in [-0.2, -0.15) is 0 Å². The van der Waals surface area contributed by atoms with Crippen molar-refractivity contribution in [1.29, 1.82) is 0 Å². The van der Waals surface area contributed by atoms with E-state index in [0.29, 0.717) is 0 Å². The molecule has 13 heavy (non-hydrogen) atoms. The van der Waals surface area contributed by atoms with E-state index in [4.69, 9.17) is 10.2 Å². The van der Waals surface area contributed by atoms with Crippen molar-refractivity contribution in [3.8, 4) is 0 Å². The normalized spacial score (nSPS) is 7.77. The van der Waals surface area contributed by atoms with Gasteiger partial charge in [0, 0.05) is 13.2 Å². The Balaban J connectivity index is -0.000000140. The van der Waals surface area contributed by atoms with Crippen LogP contribution in [0.1, 0.15) is 46.5 Å². The monoisotopic (exact) mass is 204 g/mol. The minimum atomic E-state index is 0.250. The van der Waals surface area contributed by atoms with Crippen LogP contribution in [-0.2, 0) is 0 Å². The highest BCUT2D eigenvalue weighted by Crippen LogP contribution is 1.99. The summed E-state index contributed by atoms with van der Waals surface area (Å²) in [6.07, 6.45) is 5.57. The summed E-state index contributed by atoms with van der Waals surface area (Å²) >= 11 is 2.75. The van der Waals surface area contributed by atoms with Gasteiger partial charge < -0.3 is 10.2 Å². The lowest BCUT2D eigenvalue weighted by Crippen LogP contribution is -1.72. The summed E-state index contributed by atoms with van der Waals surface area (Å²) in [5.74, 6) is 0. The largest absolute Gasteiger partial charge is 0.397 e. The molecule has 2 N–H and O–H groups in total. The number of unbranched alkanes of at least 4 members (excludes halogenated alkanes) is 3. The van der Waals surface area contributed by atoms with E-state index in [9.17, 15) is 0 Å². The van der Waals surface area contributed by atoms with Crippen LogP contribution in [-0.4, -0.2) is 39.7 Å². The molecule has 0 saturated heterocycles. The van der Waals surface area contributed by atoms with Crippen molar-refractivity contribution in [3.05, 3.63) is 0 Å². The molecule has 0 aromatic heterocycles. The van der Waals surface area contributed by atoms with E-state index in [2.05, 4.69) is 23.2 Å². The summed E-state index contributed by atoms with van der Waals surface area (Å²) in [5, 5.41) is 16.4. The zero-order valence-corrected chi connectivity index (χ0v) is 10.6. The molecule has 0 aliphatic rings. The van der Waals surface area contributed by atoms with E-state index in [-0.39, 0.29) is 13.2 Å². The van der Waals surface area contributed by atoms with E-state index in [0.717, 1.165) is 0 Å². The zero-order valence-electron chi connectivity index (χ0n) is 9.42. The van der Waals surface area contributed by atoms with Gasteiger partial charge in [0.15, 0.2) is 0 Å². The maximum absolute atomic E-state index is 7.57. The fourth-order valence-electron chi connectivity index (χ4n) is 0.571. The van der Waals surface area contributed by atoms with E-state index in [1.54, 1.807) is 13.8 Å². The predicted molar refractivity (Wildman–Crippen MR) is 60.2 cm³/mol. The molecular formula is C10H25AlO2. The molecule has 0 spiro atoms. The number of hydrogen-bond acceptors (Lipinski definition) is 2. The summed E-state index contributed by atoms with van der Waals surface area (Å²) in [6.45, 7) is 6.10. The van der Waals surface area contributed by atoms with Gasteiger partial charge in [-0.1, -0.05) is 32.6 Å². The van der Waals surface area contributed by atoms with Gasteiger partial charge in [-0.3, -0.25) is 0 Å². The quantitative estimate of drug-likeness (QED) is 0.544. The first-order valence-electron chi connectivity index (χ1n) is 5.16. The van der Waals surface area contributed by atoms with Crippen LogP contribution in [0.15, 0.2) is 0 Å². The smallest absolute Gasteiger partial charge is 0.118 e. The third-order valence-electron chi connectivity index (χ3n) is 1.06. The molecule has 0 aromatic carbocycles. The summed E-state index contributed by atoms with van der Waals surface area (Å²) < 4.78 is 0. The fraction of sp³-hybridized carbons (Fsp3) is 1.00. The molecule has 2 radical (unpaired) electrons. The van der Waals surface area contributed by atoms with Crippen LogP contribution >= 0.6 is 0 Å². The number of aliphatic hydroxyl groups excluding tert-OH is 2. The Morgan fingerprint density at radius 2 is 1.23 bits per heavy atom. The molecule has 3 heteroatoms. The lowest BCUT2D eigenvalue weighted by molar-refractivity contribution is 0.318. The summed E-state index contributed by atoms with van der Waals surface area (Å²) in [4.78, 5) is 0. The van der Waals surface area contributed by atoms with Crippen molar-refractivity contribution >= 4 is 16.3 Å². The third kappa shape index (κ3) is 68.6. The van der Waals surface area contributed by atoms with E-state index in [1.807, 2.05) is 0 Å². The van der Waals surface area contributed by atoms with Crippen LogP contribution < -0.4 is 0 Å². The average molecular weight is 204 g/mol. The van der Waals surface area contributed by atoms with E-state index < -0.39 is 0 Å². The van der Waals surface area contributed by atoms with Crippen LogP contribution in [0.25, 0.3) is 0 Å². The van der Waals surface area contributed by atoms with Crippen molar-refractivity contribution in [3.63, 3.8) is 0 Å². The van der Waals surface area contributed by atoms with Gasteiger partial charge in [-0.15, -0.1) is 5.28 Å². The molecule has 0 saturated carbocycles. The number of rotatable bonds is 4. The zero-order chi connectivity index (χ0) is 10.9. The van der Waals surface area contributed by atoms with Gasteiger partial charge in [-0.25, -0.2) is 0 Å². The molecule has 0 amide bonds. The molecular weight excluding hydrogens is 179 g/mol. The van der Waals surface area contributed by atoms with Crippen LogP contribution in [0, 0.1) is 0 Å².